The molecule has 1 fully saturated rings. The molecule has 88 valence electrons. The summed E-state index contributed by atoms with van der Waals surface area (Å²) in [6.07, 6.45) is 0.395. The molecule has 4 nitrogen and oxygen atoms in total. The summed E-state index contributed by atoms with van der Waals surface area (Å²) in [5.74, 6) is 0.0561. The van der Waals surface area contributed by atoms with Crippen LogP contribution < -0.4 is 4.90 Å². The van der Waals surface area contributed by atoms with Crippen LogP contribution in [-0.4, -0.2) is 24.2 Å². The molecule has 1 atom stereocenters. The van der Waals surface area contributed by atoms with Crippen LogP contribution in [0, 0.1) is 20.8 Å². The maximum absolute atomic E-state index is 11.8. The van der Waals surface area contributed by atoms with Gasteiger partial charge >= 0.3 is 0 Å². The first-order chi connectivity index (χ1) is 8.15. The third-order valence-electron chi connectivity index (χ3n) is 2.83. The number of aliphatic hydroxyl groups excluding tert-OH is 1. The Balaban J connectivity index is 2.29. The fourth-order valence-corrected chi connectivity index (χ4v) is 2.74. The van der Waals surface area contributed by atoms with Gasteiger partial charge in [0.2, 0.25) is 5.91 Å². The lowest BCUT2D eigenvalue weighted by Crippen LogP contribution is -2.25. The average molecular weight is 342 g/mol. The van der Waals surface area contributed by atoms with Gasteiger partial charge < -0.3 is 10.0 Å². The topological polar surface area (TPSA) is 64.3 Å². The van der Waals surface area contributed by atoms with Crippen molar-refractivity contribution in [3.05, 3.63) is 27.3 Å². The van der Waals surface area contributed by atoms with E-state index in [0.717, 1.165) is 9.26 Å². The summed E-state index contributed by atoms with van der Waals surface area (Å²) in [5.41, 5.74) is 1.41. The molecule has 1 aromatic carbocycles. The highest BCUT2D eigenvalue weighted by Gasteiger charge is 2.30. The molecule has 17 heavy (non-hydrogen) atoms. The standard InChI is InChI=1S/C12H11IN2O2/c13-10-3-8(5-14)1-2-11(10)15-6-9(7-16)4-12(15)17/h1-3,9,16H,4,6-7H2. The number of benzene rings is 1. The Bertz CT molecular complexity index is 496. The van der Waals surface area contributed by atoms with Crippen molar-refractivity contribution in [1.82, 2.24) is 0 Å². The van der Waals surface area contributed by atoms with E-state index in [9.17, 15) is 4.79 Å². The van der Waals surface area contributed by atoms with Gasteiger partial charge in [0.1, 0.15) is 0 Å². The zero-order valence-corrected chi connectivity index (χ0v) is 11.2. The maximum Gasteiger partial charge on any atom is 0.227 e. The molecule has 0 aliphatic carbocycles. The highest BCUT2D eigenvalue weighted by atomic mass is 127. The number of nitrogens with zero attached hydrogens (tertiary/aromatic N) is 2. The molecule has 0 saturated carbocycles. The molecule has 1 heterocycles. The molecule has 1 unspecified atom stereocenters. The Labute approximate surface area is 113 Å². The van der Waals surface area contributed by atoms with Gasteiger partial charge in [-0.1, -0.05) is 0 Å². The minimum Gasteiger partial charge on any atom is -0.396 e. The molecule has 5 heteroatoms. The lowest BCUT2D eigenvalue weighted by molar-refractivity contribution is -0.117. The predicted molar refractivity (Wildman–Crippen MR) is 71.4 cm³/mol. The quantitative estimate of drug-likeness (QED) is 0.829. The number of aliphatic hydroxyl groups is 1. The fraction of sp³-hybridized carbons (Fsp3) is 0.333. The number of nitriles is 1. The van der Waals surface area contributed by atoms with Crippen molar-refractivity contribution in [2.45, 2.75) is 6.42 Å². The number of amides is 1. The second-order valence-corrected chi connectivity index (χ2v) is 5.20. The van der Waals surface area contributed by atoms with Gasteiger partial charge in [0.05, 0.1) is 17.3 Å². The molecule has 1 N–H and O–H groups in total. The van der Waals surface area contributed by atoms with Crippen molar-refractivity contribution in [1.29, 1.82) is 5.26 Å². The summed E-state index contributed by atoms with van der Waals surface area (Å²) in [6.45, 7) is 0.590. The highest BCUT2D eigenvalue weighted by Crippen LogP contribution is 2.29. The number of hydrogen-bond donors (Lipinski definition) is 1. The lowest BCUT2D eigenvalue weighted by atomic mass is 10.1. The zero-order valence-electron chi connectivity index (χ0n) is 9.06. The Morgan fingerprint density at radius 3 is 2.88 bits per heavy atom. The van der Waals surface area contributed by atoms with Gasteiger partial charge in [-0.3, -0.25) is 4.79 Å². The smallest absolute Gasteiger partial charge is 0.227 e. The van der Waals surface area contributed by atoms with E-state index in [4.69, 9.17) is 10.4 Å². The summed E-state index contributed by atoms with van der Waals surface area (Å²) < 4.78 is 0.883. The van der Waals surface area contributed by atoms with Gasteiger partial charge in [-0.15, -0.1) is 0 Å². The van der Waals surface area contributed by atoms with Gasteiger partial charge in [0.25, 0.3) is 0 Å². The summed E-state index contributed by atoms with van der Waals surface area (Å²) in [7, 11) is 0. The average Bonchev–Trinajstić information content (AvgIpc) is 2.70. The minimum atomic E-state index is 0.0222. The van der Waals surface area contributed by atoms with Gasteiger partial charge in [-0.05, 0) is 40.8 Å². The van der Waals surface area contributed by atoms with Crippen LogP contribution in [0.5, 0.6) is 0 Å². The van der Waals surface area contributed by atoms with Crippen molar-refractivity contribution < 1.29 is 9.90 Å². The van der Waals surface area contributed by atoms with Crippen LogP contribution in [0.1, 0.15) is 12.0 Å². The molecule has 0 bridgehead atoms. The Morgan fingerprint density at radius 2 is 2.35 bits per heavy atom. The Kier molecular flexibility index (Phi) is 3.64. The first-order valence-corrected chi connectivity index (χ1v) is 6.34. The molecule has 1 saturated heterocycles. The third kappa shape index (κ3) is 2.42. The predicted octanol–water partition coefficient (Wildman–Crippen LogP) is 1.51. The number of hydrogen-bond acceptors (Lipinski definition) is 3. The van der Waals surface area contributed by atoms with E-state index >= 15 is 0 Å². The Hall–Kier alpha value is -1.13. The van der Waals surface area contributed by atoms with Crippen molar-refractivity contribution in [2.75, 3.05) is 18.1 Å². The van der Waals surface area contributed by atoms with Gasteiger partial charge in [0.15, 0.2) is 0 Å². The van der Waals surface area contributed by atoms with E-state index in [0.29, 0.717) is 18.5 Å². The molecule has 0 aromatic heterocycles. The van der Waals surface area contributed by atoms with E-state index in [2.05, 4.69) is 28.7 Å². The lowest BCUT2D eigenvalue weighted by Gasteiger charge is -2.18. The summed E-state index contributed by atoms with van der Waals surface area (Å²) in [4.78, 5) is 13.5. The number of rotatable bonds is 2. The zero-order chi connectivity index (χ0) is 12.4. The molecule has 0 spiro atoms. The Morgan fingerprint density at radius 1 is 1.59 bits per heavy atom. The number of carbonyl (C=O) groups is 1. The van der Waals surface area contributed by atoms with E-state index in [1.165, 1.54) is 0 Å². The van der Waals surface area contributed by atoms with Gasteiger partial charge in [0, 0.05) is 29.1 Å². The van der Waals surface area contributed by atoms with Crippen molar-refractivity contribution in [3.63, 3.8) is 0 Å². The highest BCUT2D eigenvalue weighted by molar-refractivity contribution is 14.1. The SMILES string of the molecule is N#Cc1ccc(N2CC(CO)CC2=O)c(I)c1. The van der Waals surface area contributed by atoms with Gasteiger partial charge in [-0.2, -0.15) is 5.26 Å². The number of halogens is 1. The molecule has 1 amide bonds. The van der Waals surface area contributed by atoms with Crippen LogP contribution in [0.4, 0.5) is 5.69 Å². The molecule has 0 radical (unpaired) electrons. The van der Waals surface area contributed by atoms with Crippen LogP contribution >= 0.6 is 22.6 Å². The van der Waals surface area contributed by atoms with E-state index in [-0.39, 0.29) is 18.4 Å². The molecular formula is C12H11IN2O2. The second kappa shape index (κ2) is 5.02. The summed E-state index contributed by atoms with van der Waals surface area (Å²) in [6, 6.07) is 7.32. The normalized spacial score (nSPS) is 19.5. The summed E-state index contributed by atoms with van der Waals surface area (Å²) >= 11 is 2.12. The van der Waals surface area contributed by atoms with Crippen molar-refractivity contribution in [2.24, 2.45) is 5.92 Å². The van der Waals surface area contributed by atoms with Crippen molar-refractivity contribution >= 4 is 34.2 Å². The monoisotopic (exact) mass is 342 g/mol. The number of anilines is 1. The molecule has 1 aromatic rings. The molecule has 1 aliphatic heterocycles. The van der Waals surface area contributed by atoms with E-state index < -0.39 is 0 Å². The molecule has 1 aliphatic rings. The maximum atomic E-state index is 11.8. The second-order valence-electron chi connectivity index (χ2n) is 4.04. The third-order valence-corrected chi connectivity index (χ3v) is 3.69. The van der Waals surface area contributed by atoms with Crippen LogP contribution in [0.15, 0.2) is 18.2 Å². The largest absolute Gasteiger partial charge is 0.396 e. The van der Waals surface area contributed by atoms with Crippen LogP contribution in [0.2, 0.25) is 0 Å². The van der Waals surface area contributed by atoms with E-state index in [1.54, 1.807) is 23.1 Å². The van der Waals surface area contributed by atoms with Crippen LogP contribution in [0.3, 0.4) is 0 Å². The van der Waals surface area contributed by atoms with Crippen LogP contribution in [0.25, 0.3) is 0 Å². The minimum absolute atomic E-state index is 0.0222. The fourth-order valence-electron chi connectivity index (χ4n) is 1.93. The molecule has 2 rings (SSSR count). The first kappa shape index (κ1) is 12.3. The summed E-state index contributed by atoms with van der Waals surface area (Å²) in [5, 5.41) is 17.9. The van der Waals surface area contributed by atoms with Crippen molar-refractivity contribution in [3.8, 4) is 6.07 Å². The van der Waals surface area contributed by atoms with Crippen LogP contribution in [-0.2, 0) is 4.79 Å². The van der Waals surface area contributed by atoms with Gasteiger partial charge in [-0.25, -0.2) is 0 Å². The molecular weight excluding hydrogens is 331 g/mol. The van der Waals surface area contributed by atoms with E-state index in [1.807, 2.05) is 0 Å². The first-order valence-electron chi connectivity index (χ1n) is 5.26. The number of carbonyl (C=O) groups excluding carboxylic acids is 1.